The van der Waals surface area contributed by atoms with Crippen LogP contribution in [0.2, 0.25) is 0 Å². The highest BCUT2D eigenvalue weighted by Gasteiger charge is 2.05. The molecule has 0 spiro atoms. The van der Waals surface area contributed by atoms with E-state index in [1.165, 1.54) is 12.1 Å². The van der Waals surface area contributed by atoms with Crippen LogP contribution in [-0.4, -0.2) is 11.2 Å². The van der Waals surface area contributed by atoms with Crippen molar-refractivity contribution in [1.82, 2.24) is 0 Å². The Morgan fingerprint density at radius 1 is 1.31 bits per heavy atom. The minimum atomic E-state index is -0.448. The molecule has 0 aliphatic carbocycles. The van der Waals surface area contributed by atoms with Crippen LogP contribution in [0.5, 0.6) is 0 Å². The van der Waals surface area contributed by atoms with Gasteiger partial charge in [0.2, 0.25) is 0 Å². The van der Waals surface area contributed by atoms with Crippen molar-refractivity contribution < 1.29 is 9.72 Å². The van der Waals surface area contributed by atoms with Gasteiger partial charge in [0, 0.05) is 12.1 Å². The van der Waals surface area contributed by atoms with E-state index in [2.05, 4.69) is 0 Å². The largest absolute Gasteiger partial charge is 0.298 e. The Labute approximate surface area is 93.7 Å². The molecule has 0 heterocycles. The average molecular weight is 219 g/mol. The molecule has 0 N–H and O–H groups in total. The van der Waals surface area contributed by atoms with E-state index in [0.29, 0.717) is 5.57 Å². The molecule has 84 valence electrons. The fourth-order valence-corrected chi connectivity index (χ4v) is 1.22. The molecule has 0 aromatic heterocycles. The Kier molecular flexibility index (Phi) is 3.94. The van der Waals surface area contributed by atoms with Crippen molar-refractivity contribution in [2.45, 2.75) is 13.8 Å². The van der Waals surface area contributed by atoms with Crippen LogP contribution in [0, 0.1) is 16.0 Å². The standard InChI is InChI=1S/C12H13NO3/c1-9(2)11(8-14)7-10-3-5-12(6-4-10)13(15)16/h3-9H,1-2H3/b11-7-. The lowest BCUT2D eigenvalue weighted by molar-refractivity contribution is -0.384. The van der Waals surface area contributed by atoms with E-state index in [1.54, 1.807) is 18.2 Å². The first kappa shape index (κ1) is 12.1. The molecule has 1 aromatic carbocycles. The zero-order valence-electron chi connectivity index (χ0n) is 9.21. The Hall–Kier alpha value is -1.97. The monoisotopic (exact) mass is 219 g/mol. The van der Waals surface area contributed by atoms with Crippen LogP contribution in [0.25, 0.3) is 6.08 Å². The summed E-state index contributed by atoms with van der Waals surface area (Å²) in [6.45, 7) is 3.84. The minimum absolute atomic E-state index is 0.0503. The van der Waals surface area contributed by atoms with Gasteiger partial charge in [0.05, 0.1) is 4.92 Å². The molecule has 4 nitrogen and oxygen atoms in total. The van der Waals surface area contributed by atoms with Gasteiger partial charge in [-0.05, 0) is 35.3 Å². The highest BCUT2D eigenvalue weighted by Crippen LogP contribution is 2.16. The summed E-state index contributed by atoms with van der Waals surface area (Å²) in [5.41, 5.74) is 1.52. The van der Waals surface area contributed by atoms with Crippen molar-refractivity contribution in [3.8, 4) is 0 Å². The molecule has 0 fully saturated rings. The number of benzene rings is 1. The Morgan fingerprint density at radius 2 is 1.88 bits per heavy atom. The third-order valence-corrected chi connectivity index (χ3v) is 2.24. The van der Waals surface area contributed by atoms with E-state index in [1.807, 2.05) is 13.8 Å². The molecule has 0 atom stereocenters. The van der Waals surface area contributed by atoms with Gasteiger partial charge in [0.1, 0.15) is 6.29 Å². The van der Waals surface area contributed by atoms with Crippen LogP contribution in [0.3, 0.4) is 0 Å². The predicted molar refractivity (Wildman–Crippen MR) is 62.0 cm³/mol. The molecule has 1 aromatic rings. The molecule has 0 unspecified atom stereocenters. The maximum Gasteiger partial charge on any atom is 0.269 e. The molecule has 16 heavy (non-hydrogen) atoms. The van der Waals surface area contributed by atoms with Gasteiger partial charge in [0.15, 0.2) is 0 Å². The lowest BCUT2D eigenvalue weighted by atomic mass is 10.0. The van der Waals surface area contributed by atoms with Crippen molar-refractivity contribution in [1.29, 1.82) is 0 Å². The highest BCUT2D eigenvalue weighted by atomic mass is 16.6. The summed E-state index contributed by atoms with van der Waals surface area (Å²) < 4.78 is 0. The van der Waals surface area contributed by atoms with Gasteiger partial charge in [-0.2, -0.15) is 0 Å². The van der Waals surface area contributed by atoms with Crippen molar-refractivity contribution in [3.05, 3.63) is 45.5 Å². The number of hydrogen-bond donors (Lipinski definition) is 0. The number of carbonyl (C=O) groups is 1. The Morgan fingerprint density at radius 3 is 2.25 bits per heavy atom. The van der Waals surface area contributed by atoms with Crippen LogP contribution in [0.1, 0.15) is 19.4 Å². The van der Waals surface area contributed by atoms with Gasteiger partial charge in [-0.3, -0.25) is 14.9 Å². The summed E-state index contributed by atoms with van der Waals surface area (Å²) in [7, 11) is 0. The van der Waals surface area contributed by atoms with Gasteiger partial charge in [0.25, 0.3) is 5.69 Å². The molecule has 0 amide bonds. The van der Waals surface area contributed by atoms with Gasteiger partial charge in [-0.1, -0.05) is 13.8 Å². The Balaban J connectivity index is 2.98. The highest BCUT2D eigenvalue weighted by molar-refractivity contribution is 5.82. The van der Waals surface area contributed by atoms with Gasteiger partial charge < -0.3 is 0 Å². The van der Waals surface area contributed by atoms with Crippen molar-refractivity contribution in [3.63, 3.8) is 0 Å². The fourth-order valence-electron chi connectivity index (χ4n) is 1.22. The average Bonchev–Trinajstić information content (AvgIpc) is 2.26. The first-order chi connectivity index (χ1) is 7.54. The molecule has 0 saturated heterocycles. The number of allylic oxidation sites excluding steroid dienone is 1. The number of nitrogens with zero attached hydrogens (tertiary/aromatic N) is 1. The summed E-state index contributed by atoms with van der Waals surface area (Å²) in [5, 5.41) is 10.4. The number of rotatable bonds is 4. The quantitative estimate of drug-likeness (QED) is 0.338. The lowest BCUT2D eigenvalue weighted by Crippen LogP contribution is -1.94. The van der Waals surface area contributed by atoms with Crippen molar-refractivity contribution in [2.24, 2.45) is 5.92 Å². The van der Waals surface area contributed by atoms with Gasteiger partial charge in [-0.25, -0.2) is 0 Å². The number of nitro groups is 1. The van der Waals surface area contributed by atoms with E-state index in [0.717, 1.165) is 11.8 Å². The summed E-state index contributed by atoms with van der Waals surface area (Å²) in [6.07, 6.45) is 2.55. The summed E-state index contributed by atoms with van der Waals surface area (Å²) in [5.74, 6) is 0.146. The minimum Gasteiger partial charge on any atom is -0.298 e. The van der Waals surface area contributed by atoms with E-state index in [-0.39, 0.29) is 11.6 Å². The van der Waals surface area contributed by atoms with Crippen LogP contribution >= 0.6 is 0 Å². The van der Waals surface area contributed by atoms with Crippen LogP contribution in [-0.2, 0) is 4.79 Å². The fraction of sp³-hybridized carbons (Fsp3) is 0.250. The Bertz CT molecular complexity index is 418. The van der Waals surface area contributed by atoms with Gasteiger partial charge >= 0.3 is 0 Å². The molecular formula is C12H13NO3. The van der Waals surface area contributed by atoms with Crippen LogP contribution in [0.15, 0.2) is 29.8 Å². The summed E-state index contributed by atoms with van der Waals surface area (Å²) in [6, 6.07) is 6.11. The molecule has 0 aliphatic rings. The first-order valence-corrected chi connectivity index (χ1v) is 4.96. The lowest BCUT2D eigenvalue weighted by Gasteiger charge is -2.03. The predicted octanol–water partition coefficient (Wildman–Crippen LogP) is 2.83. The molecule has 0 saturated carbocycles. The third kappa shape index (κ3) is 3.02. The van der Waals surface area contributed by atoms with E-state index < -0.39 is 4.92 Å². The van der Waals surface area contributed by atoms with Crippen molar-refractivity contribution in [2.75, 3.05) is 0 Å². The second-order valence-corrected chi connectivity index (χ2v) is 3.77. The maximum absolute atomic E-state index is 10.7. The molecular weight excluding hydrogens is 206 g/mol. The van der Waals surface area contributed by atoms with E-state index >= 15 is 0 Å². The molecule has 0 aliphatic heterocycles. The number of nitro benzene ring substituents is 1. The summed E-state index contributed by atoms with van der Waals surface area (Å²) in [4.78, 5) is 20.7. The number of aldehydes is 1. The van der Waals surface area contributed by atoms with Crippen molar-refractivity contribution >= 4 is 18.0 Å². The van der Waals surface area contributed by atoms with Gasteiger partial charge in [-0.15, -0.1) is 0 Å². The zero-order chi connectivity index (χ0) is 12.1. The van der Waals surface area contributed by atoms with E-state index in [4.69, 9.17) is 0 Å². The normalized spacial score (nSPS) is 11.6. The smallest absolute Gasteiger partial charge is 0.269 e. The molecule has 0 bridgehead atoms. The summed E-state index contributed by atoms with van der Waals surface area (Å²) >= 11 is 0. The first-order valence-electron chi connectivity index (χ1n) is 4.96. The van der Waals surface area contributed by atoms with Crippen LogP contribution in [0.4, 0.5) is 5.69 Å². The van der Waals surface area contributed by atoms with E-state index in [9.17, 15) is 14.9 Å². The number of hydrogen-bond acceptors (Lipinski definition) is 3. The SMILES string of the molecule is CC(C)/C(C=O)=C\c1ccc([N+](=O)[O-])cc1. The number of non-ortho nitro benzene ring substituents is 1. The molecule has 4 heteroatoms. The zero-order valence-corrected chi connectivity index (χ0v) is 9.21. The second kappa shape index (κ2) is 5.21. The molecule has 0 radical (unpaired) electrons. The topological polar surface area (TPSA) is 60.2 Å². The third-order valence-electron chi connectivity index (χ3n) is 2.24. The molecule has 1 rings (SSSR count). The van der Waals surface area contributed by atoms with Crippen LogP contribution < -0.4 is 0 Å². The second-order valence-electron chi connectivity index (χ2n) is 3.77. The maximum atomic E-state index is 10.7. The number of carbonyl (C=O) groups excluding carboxylic acids is 1.